The number of rotatable bonds is 4. The van der Waals surface area contributed by atoms with E-state index in [1.807, 2.05) is 0 Å². The topological polar surface area (TPSA) is 29.3 Å². The van der Waals surface area contributed by atoms with Crippen LogP contribution in [0.1, 0.15) is 57.7 Å². The van der Waals surface area contributed by atoms with Gasteiger partial charge in [-0.1, -0.05) is 45.0 Å². The molecule has 20 heavy (non-hydrogen) atoms. The highest BCUT2D eigenvalue weighted by Crippen LogP contribution is 2.31. The summed E-state index contributed by atoms with van der Waals surface area (Å²) in [4.78, 5) is 2.57. The summed E-state index contributed by atoms with van der Waals surface area (Å²) in [5.74, 6) is 0. The molecule has 1 fully saturated rings. The predicted octanol–water partition coefficient (Wildman–Crippen LogP) is 3.76. The van der Waals surface area contributed by atoms with Gasteiger partial charge in [0.05, 0.1) is 0 Å². The molecular formula is C18H30N2. The van der Waals surface area contributed by atoms with Crippen LogP contribution in [0.25, 0.3) is 0 Å². The third kappa shape index (κ3) is 3.62. The van der Waals surface area contributed by atoms with E-state index in [9.17, 15) is 0 Å². The molecule has 1 heterocycles. The van der Waals surface area contributed by atoms with Crippen LogP contribution < -0.4 is 5.73 Å². The molecule has 0 saturated carbocycles. The Labute approximate surface area is 124 Å². The van der Waals surface area contributed by atoms with Gasteiger partial charge in [0.25, 0.3) is 0 Å². The van der Waals surface area contributed by atoms with Gasteiger partial charge in [0, 0.05) is 18.6 Å². The minimum atomic E-state index is 0.106. The van der Waals surface area contributed by atoms with Crippen LogP contribution in [0.15, 0.2) is 24.3 Å². The molecule has 2 nitrogen and oxygen atoms in total. The van der Waals surface area contributed by atoms with Gasteiger partial charge in [0.1, 0.15) is 0 Å². The smallest absolute Gasteiger partial charge is 0.0450 e. The molecule has 2 heteroatoms. The zero-order valence-electron chi connectivity index (χ0n) is 13.5. The Bertz CT molecular complexity index is 422. The zero-order chi connectivity index (χ0) is 14.8. The highest BCUT2D eigenvalue weighted by molar-refractivity contribution is 5.25. The van der Waals surface area contributed by atoms with Crippen molar-refractivity contribution in [1.29, 1.82) is 0 Å². The lowest BCUT2D eigenvalue weighted by molar-refractivity contribution is 0.0741. The maximum atomic E-state index is 6.51. The molecule has 1 aromatic rings. The average molecular weight is 274 g/mol. The molecule has 1 saturated heterocycles. The lowest BCUT2D eigenvalue weighted by atomic mass is 9.83. The molecule has 1 aliphatic rings. The number of hydrogen-bond acceptors (Lipinski definition) is 2. The molecule has 2 rings (SSSR count). The van der Waals surface area contributed by atoms with Crippen molar-refractivity contribution in [1.82, 2.24) is 4.90 Å². The molecule has 2 atom stereocenters. The van der Waals surface area contributed by atoms with Crippen molar-refractivity contribution in [3.63, 3.8) is 0 Å². The van der Waals surface area contributed by atoms with E-state index in [-0.39, 0.29) is 6.04 Å². The van der Waals surface area contributed by atoms with Gasteiger partial charge in [-0.3, -0.25) is 4.90 Å². The van der Waals surface area contributed by atoms with E-state index in [4.69, 9.17) is 5.73 Å². The fourth-order valence-corrected chi connectivity index (χ4v) is 3.30. The molecule has 0 aromatic heterocycles. The average Bonchev–Trinajstić information content (AvgIpc) is 2.45. The second kappa shape index (κ2) is 6.28. The number of likely N-dealkylation sites (tertiary alicyclic amines) is 1. The van der Waals surface area contributed by atoms with Gasteiger partial charge in [-0.2, -0.15) is 0 Å². The predicted molar refractivity (Wildman–Crippen MR) is 86.8 cm³/mol. The normalized spacial score (nSPS) is 22.4. The van der Waals surface area contributed by atoms with E-state index in [0.29, 0.717) is 11.5 Å². The van der Waals surface area contributed by atoms with Crippen molar-refractivity contribution in [3.05, 3.63) is 35.4 Å². The highest BCUT2D eigenvalue weighted by Gasteiger charge is 2.31. The Morgan fingerprint density at radius 3 is 2.45 bits per heavy atom. The van der Waals surface area contributed by atoms with Gasteiger partial charge in [-0.05, 0) is 49.3 Å². The summed E-state index contributed by atoms with van der Waals surface area (Å²) in [6.07, 6.45) is 3.71. The first-order valence-corrected chi connectivity index (χ1v) is 8.01. The van der Waals surface area contributed by atoms with Crippen molar-refractivity contribution < 1.29 is 0 Å². The molecule has 0 aliphatic carbocycles. The fourth-order valence-electron chi connectivity index (χ4n) is 3.30. The SMILES string of the molecule is CCc1ccc(C(N)C(C)N2CCCC(C)(C)C2)cc1. The highest BCUT2D eigenvalue weighted by atomic mass is 15.2. The van der Waals surface area contributed by atoms with Crippen molar-refractivity contribution in [3.8, 4) is 0 Å². The monoisotopic (exact) mass is 274 g/mol. The van der Waals surface area contributed by atoms with Crippen molar-refractivity contribution >= 4 is 0 Å². The van der Waals surface area contributed by atoms with E-state index in [0.717, 1.165) is 13.0 Å². The Hall–Kier alpha value is -0.860. The first kappa shape index (κ1) is 15.5. The lowest BCUT2D eigenvalue weighted by Crippen LogP contribution is -2.48. The van der Waals surface area contributed by atoms with Crippen LogP contribution in [-0.2, 0) is 6.42 Å². The van der Waals surface area contributed by atoms with Crippen LogP contribution in [-0.4, -0.2) is 24.0 Å². The van der Waals surface area contributed by atoms with E-state index in [1.54, 1.807) is 0 Å². The molecule has 112 valence electrons. The number of hydrogen-bond donors (Lipinski definition) is 1. The van der Waals surface area contributed by atoms with Gasteiger partial charge in [0.2, 0.25) is 0 Å². The molecule has 0 bridgehead atoms. The summed E-state index contributed by atoms with van der Waals surface area (Å²) in [7, 11) is 0. The van der Waals surface area contributed by atoms with Crippen LogP contribution in [0, 0.1) is 5.41 Å². The van der Waals surface area contributed by atoms with Gasteiger partial charge < -0.3 is 5.73 Å². The number of nitrogens with zero attached hydrogens (tertiary/aromatic N) is 1. The third-order valence-corrected chi connectivity index (χ3v) is 4.80. The second-order valence-electron chi connectivity index (χ2n) is 7.10. The van der Waals surface area contributed by atoms with E-state index in [2.05, 4.69) is 56.9 Å². The molecule has 1 aromatic carbocycles. The van der Waals surface area contributed by atoms with Crippen LogP contribution in [0.2, 0.25) is 0 Å². The minimum absolute atomic E-state index is 0.106. The van der Waals surface area contributed by atoms with Crippen molar-refractivity contribution in [2.24, 2.45) is 11.1 Å². The summed E-state index contributed by atoms with van der Waals surface area (Å²) in [5.41, 5.74) is 9.58. The summed E-state index contributed by atoms with van der Waals surface area (Å²) in [6, 6.07) is 9.34. The quantitative estimate of drug-likeness (QED) is 0.906. The van der Waals surface area contributed by atoms with Gasteiger partial charge in [-0.15, -0.1) is 0 Å². The van der Waals surface area contributed by atoms with Crippen molar-refractivity contribution in [2.75, 3.05) is 13.1 Å². The van der Waals surface area contributed by atoms with Crippen LogP contribution >= 0.6 is 0 Å². The molecule has 1 aliphatic heterocycles. The molecular weight excluding hydrogens is 244 g/mol. The van der Waals surface area contributed by atoms with Gasteiger partial charge in [0.15, 0.2) is 0 Å². The summed E-state index contributed by atoms with van der Waals surface area (Å²) >= 11 is 0. The van der Waals surface area contributed by atoms with Crippen LogP contribution in [0.3, 0.4) is 0 Å². The number of aryl methyl sites for hydroxylation is 1. The minimum Gasteiger partial charge on any atom is -0.323 e. The third-order valence-electron chi connectivity index (χ3n) is 4.80. The van der Waals surface area contributed by atoms with Gasteiger partial charge >= 0.3 is 0 Å². The first-order valence-electron chi connectivity index (χ1n) is 8.01. The van der Waals surface area contributed by atoms with E-state index in [1.165, 1.54) is 30.5 Å². The standard InChI is InChI=1S/C18H30N2/c1-5-15-7-9-16(10-8-15)17(19)14(2)20-12-6-11-18(3,4)13-20/h7-10,14,17H,5-6,11-13,19H2,1-4H3. The number of nitrogens with two attached hydrogens (primary N) is 1. The summed E-state index contributed by atoms with van der Waals surface area (Å²) in [6.45, 7) is 11.5. The number of piperidine rings is 1. The van der Waals surface area contributed by atoms with E-state index >= 15 is 0 Å². The zero-order valence-corrected chi connectivity index (χ0v) is 13.5. The molecule has 0 radical (unpaired) electrons. The second-order valence-corrected chi connectivity index (χ2v) is 7.10. The summed E-state index contributed by atoms with van der Waals surface area (Å²) < 4.78 is 0. The van der Waals surface area contributed by atoms with Crippen LogP contribution in [0.5, 0.6) is 0 Å². The number of benzene rings is 1. The Balaban J connectivity index is 2.05. The Morgan fingerprint density at radius 2 is 1.90 bits per heavy atom. The maximum absolute atomic E-state index is 6.51. The van der Waals surface area contributed by atoms with Crippen molar-refractivity contribution in [2.45, 2.75) is 59.0 Å². The first-order chi connectivity index (χ1) is 9.43. The van der Waals surface area contributed by atoms with Gasteiger partial charge in [-0.25, -0.2) is 0 Å². The lowest BCUT2D eigenvalue weighted by Gasteiger charge is -2.43. The molecule has 0 amide bonds. The summed E-state index contributed by atoms with van der Waals surface area (Å²) in [5, 5.41) is 0. The Kier molecular flexibility index (Phi) is 4.87. The maximum Gasteiger partial charge on any atom is 0.0450 e. The van der Waals surface area contributed by atoms with Crippen LogP contribution in [0.4, 0.5) is 0 Å². The fraction of sp³-hybridized carbons (Fsp3) is 0.667. The largest absolute Gasteiger partial charge is 0.323 e. The molecule has 2 unspecified atom stereocenters. The Morgan fingerprint density at radius 1 is 1.25 bits per heavy atom. The molecule has 2 N–H and O–H groups in total. The molecule has 0 spiro atoms. The van der Waals surface area contributed by atoms with E-state index < -0.39 is 0 Å².